The molecule has 22 heavy (non-hydrogen) atoms. The molecule has 4 aliphatic rings. The summed E-state index contributed by atoms with van der Waals surface area (Å²) in [6.45, 7) is 4.39. The summed E-state index contributed by atoms with van der Waals surface area (Å²) < 4.78 is 14.2. The molecule has 122 valence electrons. The number of fused-ring (bicyclic) bond motifs is 5. The largest absolute Gasteiger partial charge is 0.390 e. The number of rotatable bonds is 0. The molecule has 3 heteroatoms. The summed E-state index contributed by atoms with van der Waals surface area (Å²) in [6.07, 6.45) is 9.74. The Balaban J connectivity index is 1.71. The molecule has 0 bridgehead atoms. The summed E-state index contributed by atoms with van der Waals surface area (Å²) in [5.41, 5.74) is -0.203. The summed E-state index contributed by atoms with van der Waals surface area (Å²) in [7, 11) is 0. The average molecular weight is 306 g/mol. The van der Waals surface area contributed by atoms with Gasteiger partial charge < -0.3 is 10.2 Å². The molecule has 4 aliphatic carbocycles. The van der Waals surface area contributed by atoms with Gasteiger partial charge in [-0.3, -0.25) is 0 Å². The Labute approximate surface area is 132 Å². The predicted molar refractivity (Wildman–Crippen MR) is 83.8 cm³/mol. The Morgan fingerprint density at radius 1 is 1.05 bits per heavy atom. The van der Waals surface area contributed by atoms with E-state index in [1.807, 2.05) is 6.08 Å². The van der Waals surface area contributed by atoms with E-state index < -0.39 is 12.3 Å². The molecule has 0 heterocycles. The lowest BCUT2D eigenvalue weighted by Gasteiger charge is -2.56. The van der Waals surface area contributed by atoms with Crippen molar-refractivity contribution >= 4 is 0 Å². The molecule has 2 N–H and O–H groups in total. The molecule has 0 radical (unpaired) electrons. The second-order valence-electron chi connectivity index (χ2n) is 8.55. The molecule has 0 aromatic heterocycles. The van der Waals surface area contributed by atoms with Gasteiger partial charge in [0.25, 0.3) is 0 Å². The summed E-state index contributed by atoms with van der Waals surface area (Å²) >= 11 is 0. The van der Waals surface area contributed by atoms with Crippen LogP contribution in [0.2, 0.25) is 0 Å². The van der Waals surface area contributed by atoms with Crippen LogP contribution in [0.25, 0.3) is 0 Å². The molecule has 0 amide bonds. The van der Waals surface area contributed by atoms with Crippen LogP contribution in [0.1, 0.15) is 39.5 Å². The van der Waals surface area contributed by atoms with Gasteiger partial charge in [-0.1, -0.05) is 38.2 Å². The number of hydrogen-bond donors (Lipinski definition) is 2. The third kappa shape index (κ3) is 1.78. The van der Waals surface area contributed by atoms with Gasteiger partial charge >= 0.3 is 0 Å². The first kappa shape index (κ1) is 14.9. The van der Waals surface area contributed by atoms with Crippen molar-refractivity contribution in [3.63, 3.8) is 0 Å². The maximum absolute atomic E-state index is 14.2. The van der Waals surface area contributed by atoms with Gasteiger partial charge in [-0.05, 0) is 60.2 Å². The van der Waals surface area contributed by atoms with E-state index >= 15 is 0 Å². The van der Waals surface area contributed by atoms with E-state index in [9.17, 15) is 14.6 Å². The summed E-state index contributed by atoms with van der Waals surface area (Å²) in [5.74, 6) is 1.48. The van der Waals surface area contributed by atoms with Crippen LogP contribution >= 0.6 is 0 Å². The fraction of sp³-hybridized carbons (Fsp3) is 0.789. The third-order valence-electron chi connectivity index (χ3n) is 7.60. The molecule has 0 saturated heterocycles. The van der Waals surface area contributed by atoms with Crippen LogP contribution < -0.4 is 0 Å². The topological polar surface area (TPSA) is 40.5 Å². The van der Waals surface area contributed by atoms with Crippen molar-refractivity contribution in [2.75, 3.05) is 0 Å². The maximum atomic E-state index is 14.2. The summed E-state index contributed by atoms with van der Waals surface area (Å²) in [4.78, 5) is 0. The van der Waals surface area contributed by atoms with Gasteiger partial charge in [0.1, 0.15) is 6.17 Å². The molecule has 0 aliphatic heterocycles. The minimum atomic E-state index is -1.07. The fourth-order valence-electron chi connectivity index (χ4n) is 6.12. The van der Waals surface area contributed by atoms with Crippen LogP contribution in [-0.2, 0) is 0 Å². The first-order valence-electron chi connectivity index (χ1n) is 8.74. The van der Waals surface area contributed by atoms with Crippen molar-refractivity contribution in [2.24, 2.45) is 34.5 Å². The molecule has 1 unspecified atom stereocenters. The Hall–Kier alpha value is -0.670. The highest BCUT2D eigenvalue weighted by Gasteiger charge is 2.60. The first-order valence-corrected chi connectivity index (χ1v) is 8.74. The van der Waals surface area contributed by atoms with E-state index in [4.69, 9.17) is 0 Å². The van der Waals surface area contributed by atoms with Crippen molar-refractivity contribution in [3.8, 4) is 0 Å². The number of alkyl halides is 1. The maximum Gasteiger partial charge on any atom is 0.127 e. The SMILES string of the molecule is C[C@]12CC[C@H]3[C@@H](C=CC4C[C@H](O)C=C[C@@]43C)[C@@H]1C[C@H](F)[C@H]2O. The molecule has 9 atom stereocenters. The third-order valence-corrected chi connectivity index (χ3v) is 7.60. The number of aliphatic hydroxyl groups excluding tert-OH is 2. The monoisotopic (exact) mass is 306 g/mol. The number of aliphatic hydroxyl groups is 2. The quantitative estimate of drug-likeness (QED) is 0.675. The van der Waals surface area contributed by atoms with Gasteiger partial charge in [0.2, 0.25) is 0 Å². The predicted octanol–water partition coefficient (Wildman–Crippen LogP) is 3.25. The molecular weight excluding hydrogens is 279 g/mol. The molecule has 2 fully saturated rings. The second kappa shape index (κ2) is 4.67. The Bertz CT molecular complexity index is 530. The van der Waals surface area contributed by atoms with Crippen LogP contribution in [0.3, 0.4) is 0 Å². The van der Waals surface area contributed by atoms with Crippen LogP contribution in [0.5, 0.6) is 0 Å². The Morgan fingerprint density at radius 2 is 1.82 bits per heavy atom. The molecule has 0 spiro atoms. The lowest BCUT2D eigenvalue weighted by atomic mass is 9.48. The van der Waals surface area contributed by atoms with Crippen molar-refractivity contribution in [2.45, 2.75) is 57.9 Å². The lowest BCUT2D eigenvalue weighted by molar-refractivity contribution is -0.0651. The van der Waals surface area contributed by atoms with Crippen molar-refractivity contribution in [1.82, 2.24) is 0 Å². The fourth-order valence-corrected chi connectivity index (χ4v) is 6.12. The standard InChI is InChI=1S/C19H27FO2/c1-18-7-5-12(21)9-11(18)3-4-13-14(18)6-8-19(2)15(13)10-16(20)17(19)22/h3-5,7,11-17,21-22H,6,8-10H2,1-2H3/t11?,12-,13-,14+,15+,16+,17-,18+,19+/m1/s1. The van der Waals surface area contributed by atoms with Gasteiger partial charge in [0.15, 0.2) is 0 Å². The first-order chi connectivity index (χ1) is 10.4. The van der Waals surface area contributed by atoms with Crippen LogP contribution in [0.15, 0.2) is 24.3 Å². The van der Waals surface area contributed by atoms with Gasteiger partial charge in [-0.25, -0.2) is 4.39 Å². The van der Waals surface area contributed by atoms with E-state index in [0.29, 0.717) is 24.2 Å². The van der Waals surface area contributed by atoms with Crippen LogP contribution in [0, 0.1) is 34.5 Å². The summed E-state index contributed by atoms with van der Waals surface area (Å²) in [6, 6.07) is 0. The van der Waals surface area contributed by atoms with E-state index in [1.54, 1.807) is 0 Å². The molecule has 4 rings (SSSR count). The van der Waals surface area contributed by atoms with Crippen molar-refractivity contribution < 1.29 is 14.6 Å². The number of hydrogen-bond acceptors (Lipinski definition) is 2. The normalized spacial score (nSPS) is 59.8. The van der Waals surface area contributed by atoms with Gasteiger partial charge in [0, 0.05) is 0 Å². The second-order valence-corrected chi connectivity index (χ2v) is 8.55. The lowest BCUT2D eigenvalue weighted by Crippen LogP contribution is -2.51. The Morgan fingerprint density at radius 3 is 2.59 bits per heavy atom. The number of allylic oxidation sites excluding steroid dienone is 3. The van der Waals surface area contributed by atoms with E-state index in [-0.39, 0.29) is 22.9 Å². The highest BCUT2D eigenvalue weighted by molar-refractivity contribution is 5.24. The van der Waals surface area contributed by atoms with Crippen LogP contribution in [0.4, 0.5) is 4.39 Å². The Kier molecular flexibility index (Phi) is 3.16. The van der Waals surface area contributed by atoms with Crippen molar-refractivity contribution in [3.05, 3.63) is 24.3 Å². The molecular formula is C19H27FO2. The zero-order valence-corrected chi connectivity index (χ0v) is 13.5. The molecule has 0 aromatic rings. The van der Waals surface area contributed by atoms with Gasteiger partial charge in [-0.15, -0.1) is 0 Å². The van der Waals surface area contributed by atoms with Gasteiger partial charge in [-0.2, -0.15) is 0 Å². The minimum absolute atomic E-state index is 0.0688. The highest BCUT2D eigenvalue weighted by atomic mass is 19.1. The smallest absolute Gasteiger partial charge is 0.127 e. The van der Waals surface area contributed by atoms with Gasteiger partial charge in [0.05, 0.1) is 12.2 Å². The summed E-state index contributed by atoms with van der Waals surface area (Å²) in [5, 5.41) is 20.2. The molecule has 2 nitrogen and oxygen atoms in total. The zero-order valence-electron chi connectivity index (χ0n) is 13.5. The zero-order chi connectivity index (χ0) is 15.7. The number of halogens is 1. The van der Waals surface area contributed by atoms with E-state index in [0.717, 1.165) is 19.3 Å². The highest BCUT2D eigenvalue weighted by Crippen LogP contribution is 2.63. The average Bonchev–Trinajstić information content (AvgIpc) is 2.72. The molecule has 0 aromatic carbocycles. The van der Waals surface area contributed by atoms with E-state index in [2.05, 4.69) is 32.1 Å². The van der Waals surface area contributed by atoms with Crippen molar-refractivity contribution in [1.29, 1.82) is 0 Å². The molecule has 2 saturated carbocycles. The van der Waals surface area contributed by atoms with E-state index in [1.165, 1.54) is 0 Å². The minimum Gasteiger partial charge on any atom is -0.390 e. The van der Waals surface area contributed by atoms with Crippen LogP contribution in [-0.4, -0.2) is 28.6 Å².